The average molecular weight is 331 g/mol. The van der Waals surface area contributed by atoms with Crippen LogP contribution in [0.2, 0.25) is 0 Å². The number of hydrogen-bond acceptors (Lipinski definition) is 3. The van der Waals surface area contributed by atoms with E-state index in [2.05, 4.69) is 58.4 Å². The summed E-state index contributed by atoms with van der Waals surface area (Å²) in [5.41, 5.74) is 0. The second kappa shape index (κ2) is 6.51. The third kappa shape index (κ3) is 3.56. The van der Waals surface area contributed by atoms with Crippen LogP contribution in [0.4, 0.5) is 0 Å². The van der Waals surface area contributed by atoms with E-state index in [1.54, 1.807) is 0 Å². The molecule has 102 valence electrons. The smallest absolute Gasteiger partial charge is 0.0399 e. The Kier molecular flexibility index (Phi) is 5.24. The van der Waals surface area contributed by atoms with E-state index in [0.717, 1.165) is 0 Å². The van der Waals surface area contributed by atoms with E-state index in [4.69, 9.17) is 0 Å². The fourth-order valence-corrected chi connectivity index (χ4v) is 4.36. The maximum absolute atomic E-state index is 3.78. The first kappa shape index (κ1) is 14.5. The van der Waals surface area contributed by atoms with Crippen molar-refractivity contribution in [3.8, 4) is 0 Å². The number of likely N-dealkylation sites (tertiary alicyclic amines) is 1. The predicted octanol–water partition coefficient (Wildman–Crippen LogP) is 4.03. The van der Waals surface area contributed by atoms with E-state index in [9.17, 15) is 0 Å². The van der Waals surface area contributed by atoms with Gasteiger partial charge in [-0.15, -0.1) is 11.3 Å². The summed E-state index contributed by atoms with van der Waals surface area (Å²) in [5, 5.41) is 5.93. The second-order valence-corrected chi connectivity index (χ2v) is 7.23. The Morgan fingerprint density at radius 1 is 1.33 bits per heavy atom. The summed E-state index contributed by atoms with van der Waals surface area (Å²) in [6.45, 7) is 9.31. The highest BCUT2D eigenvalue weighted by atomic mass is 79.9. The second-order valence-electron chi connectivity index (χ2n) is 5.43. The maximum atomic E-state index is 3.78. The molecule has 1 aliphatic rings. The molecule has 1 atom stereocenters. The van der Waals surface area contributed by atoms with E-state index >= 15 is 0 Å². The van der Waals surface area contributed by atoms with Crippen LogP contribution in [0, 0.1) is 0 Å². The molecule has 1 saturated heterocycles. The number of piperidine rings is 1. The highest BCUT2D eigenvalue weighted by Crippen LogP contribution is 2.29. The quantitative estimate of drug-likeness (QED) is 0.896. The highest BCUT2D eigenvalue weighted by molar-refractivity contribution is 9.10. The third-order valence-corrected chi connectivity index (χ3v) is 5.84. The Hall–Kier alpha value is 0.100. The average Bonchev–Trinajstić information content (AvgIpc) is 2.76. The van der Waals surface area contributed by atoms with Crippen molar-refractivity contribution >= 4 is 27.3 Å². The Labute approximate surface area is 123 Å². The molecule has 2 heterocycles. The minimum Gasteiger partial charge on any atom is -0.307 e. The monoisotopic (exact) mass is 330 g/mol. The highest BCUT2D eigenvalue weighted by Gasteiger charge is 2.22. The van der Waals surface area contributed by atoms with Gasteiger partial charge in [0.2, 0.25) is 0 Å². The van der Waals surface area contributed by atoms with Crippen LogP contribution in [0.5, 0.6) is 0 Å². The van der Waals surface area contributed by atoms with Gasteiger partial charge in [0.25, 0.3) is 0 Å². The molecule has 0 aromatic carbocycles. The van der Waals surface area contributed by atoms with Gasteiger partial charge < -0.3 is 10.2 Å². The van der Waals surface area contributed by atoms with Gasteiger partial charge in [-0.05, 0) is 74.1 Å². The lowest BCUT2D eigenvalue weighted by Crippen LogP contribution is -2.45. The summed E-state index contributed by atoms with van der Waals surface area (Å²) in [4.78, 5) is 3.99. The van der Waals surface area contributed by atoms with E-state index in [1.165, 1.54) is 35.3 Å². The summed E-state index contributed by atoms with van der Waals surface area (Å²) in [5.74, 6) is 0. The zero-order valence-electron chi connectivity index (χ0n) is 11.4. The topological polar surface area (TPSA) is 15.3 Å². The van der Waals surface area contributed by atoms with Crippen molar-refractivity contribution in [2.45, 2.75) is 51.7 Å². The molecule has 0 bridgehead atoms. The van der Waals surface area contributed by atoms with Gasteiger partial charge in [0, 0.05) is 27.5 Å². The van der Waals surface area contributed by atoms with Crippen LogP contribution in [0.1, 0.15) is 44.5 Å². The van der Waals surface area contributed by atoms with Crippen molar-refractivity contribution in [2.24, 2.45) is 0 Å². The summed E-state index contributed by atoms with van der Waals surface area (Å²) >= 11 is 5.45. The first-order valence-corrected chi connectivity index (χ1v) is 8.48. The Bertz CT molecular complexity index is 370. The van der Waals surface area contributed by atoms with Gasteiger partial charge in [0.05, 0.1) is 0 Å². The van der Waals surface area contributed by atoms with E-state index in [-0.39, 0.29) is 0 Å². The predicted molar refractivity (Wildman–Crippen MR) is 83.3 cm³/mol. The third-order valence-electron chi connectivity index (χ3n) is 3.78. The molecule has 0 amide bonds. The zero-order chi connectivity index (χ0) is 13.1. The fraction of sp³-hybridized carbons (Fsp3) is 0.714. The first-order valence-electron chi connectivity index (χ1n) is 6.81. The first-order chi connectivity index (χ1) is 8.58. The molecule has 0 spiro atoms. The maximum Gasteiger partial charge on any atom is 0.0399 e. The number of thiophene rings is 1. The van der Waals surface area contributed by atoms with Gasteiger partial charge in [0.15, 0.2) is 0 Å². The van der Waals surface area contributed by atoms with E-state index in [0.29, 0.717) is 18.1 Å². The molecule has 2 rings (SSSR count). The van der Waals surface area contributed by atoms with Crippen molar-refractivity contribution in [3.05, 3.63) is 20.8 Å². The molecule has 18 heavy (non-hydrogen) atoms. The normalized spacial score (nSPS) is 20.5. The van der Waals surface area contributed by atoms with Crippen LogP contribution >= 0.6 is 27.3 Å². The lowest BCUT2D eigenvalue weighted by molar-refractivity contribution is 0.157. The molecule has 1 aliphatic heterocycles. The molecular weight excluding hydrogens is 308 g/mol. The lowest BCUT2D eigenvalue weighted by Gasteiger charge is -2.36. The molecule has 4 heteroatoms. The Morgan fingerprint density at radius 2 is 2.00 bits per heavy atom. The van der Waals surface area contributed by atoms with Gasteiger partial charge in [0.1, 0.15) is 0 Å². The van der Waals surface area contributed by atoms with Crippen molar-refractivity contribution in [2.75, 3.05) is 13.1 Å². The zero-order valence-corrected chi connectivity index (χ0v) is 13.9. The number of nitrogens with zero attached hydrogens (tertiary/aromatic N) is 1. The van der Waals surface area contributed by atoms with Gasteiger partial charge in [-0.1, -0.05) is 0 Å². The number of hydrogen-bond donors (Lipinski definition) is 1. The van der Waals surface area contributed by atoms with Gasteiger partial charge in [-0.3, -0.25) is 0 Å². The largest absolute Gasteiger partial charge is 0.307 e. The van der Waals surface area contributed by atoms with E-state index < -0.39 is 0 Å². The Morgan fingerprint density at radius 3 is 2.50 bits per heavy atom. The molecule has 1 aromatic rings. The number of halogens is 1. The molecule has 0 aliphatic carbocycles. The van der Waals surface area contributed by atoms with Crippen molar-refractivity contribution < 1.29 is 0 Å². The summed E-state index contributed by atoms with van der Waals surface area (Å²) in [6.07, 6.45) is 2.54. The molecule has 1 N–H and O–H groups in total. The minimum atomic E-state index is 0.454. The van der Waals surface area contributed by atoms with Crippen LogP contribution in [-0.4, -0.2) is 30.1 Å². The molecule has 1 aromatic heterocycles. The van der Waals surface area contributed by atoms with Crippen LogP contribution < -0.4 is 5.32 Å². The van der Waals surface area contributed by atoms with Crippen LogP contribution in [0.25, 0.3) is 0 Å². The summed E-state index contributed by atoms with van der Waals surface area (Å²) in [7, 11) is 0. The van der Waals surface area contributed by atoms with Gasteiger partial charge in [-0.25, -0.2) is 0 Å². The number of nitrogens with one attached hydrogen (secondary N) is 1. The fourth-order valence-electron chi connectivity index (χ4n) is 2.63. The number of rotatable bonds is 4. The minimum absolute atomic E-state index is 0.454. The van der Waals surface area contributed by atoms with Crippen LogP contribution in [-0.2, 0) is 0 Å². The van der Waals surface area contributed by atoms with Crippen molar-refractivity contribution in [3.63, 3.8) is 0 Å². The molecule has 0 radical (unpaired) electrons. The van der Waals surface area contributed by atoms with Crippen LogP contribution in [0.15, 0.2) is 15.9 Å². The summed E-state index contributed by atoms with van der Waals surface area (Å²) in [6, 6.07) is 3.95. The van der Waals surface area contributed by atoms with Gasteiger partial charge in [-0.2, -0.15) is 0 Å². The van der Waals surface area contributed by atoms with Gasteiger partial charge >= 0.3 is 0 Å². The Balaban J connectivity index is 1.83. The van der Waals surface area contributed by atoms with Crippen molar-refractivity contribution in [1.82, 2.24) is 10.2 Å². The SMILES string of the molecule is CC(NC1CCN(C(C)C)CC1)c1sccc1Br. The van der Waals surface area contributed by atoms with Crippen molar-refractivity contribution in [1.29, 1.82) is 0 Å². The molecule has 1 fully saturated rings. The molecule has 2 nitrogen and oxygen atoms in total. The molecular formula is C14H23BrN2S. The standard InChI is InChI=1S/C14H23BrN2S/c1-10(2)17-7-4-12(5-8-17)16-11(3)14-13(15)6-9-18-14/h6,9-12,16H,4-5,7-8H2,1-3H3. The molecule has 1 unspecified atom stereocenters. The lowest BCUT2D eigenvalue weighted by atomic mass is 10.0. The van der Waals surface area contributed by atoms with E-state index in [1.807, 2.05) is 11.3 Å². The molecule has 0 saturated carbocycles. The van der Waals surface area contributed by atoms with Crippen LogP contribution in [0.3, 0.4) is 0 Å². The summed E-state index contributed by atoms with van der Waals surface area (Å²) < 4.78 is 1.24.